The van der Waals surface area contributed by atoms with Gasteiger partial charge in [-0.2, -0.15) is 0 Å². The third-order valence-electron chi connectivity index (χ3n) is 5.23. The van der Waals surface area contributed by atoms with Gasteiger partial charge in [-0.3, -0.25) is 9.10 Å². The second-order valence-electron chi connectivity index (χ2n) is 7.28. The van der Waals surface area contributed by atoms with Crippen molar-refractivity contribution in [2.75, 3.05) is 13.7 Å². The first-order valence-electron chi connectivity index (χ1n) is 10.3. The monoisotopic (exact) mass is 475 g/mol. The molecule has 1 heterocycles. The van der Waals surface area contributed by atoms with Crippen LogP contribution in [-0.4, -0.2) is 38.1 Å². The van der Waals surface area contributed by atoms with E-state index in [1.807, 2.05) is 0 Å². The summed E-state index contributed by atoms with van der Waals surface area (Å²) in [6.07, 6.45) is 1.36. The van der Waals surface area contributed by atoms with E-state index in [0.29, 0.717) is 0 Å². The number of methoxy groups -OCH3 is 1. The molecule has 0 radical (unpaired) electrons. The van der Waals surface area contributed by atoms with E-state index in [1.165, 1.54) is 31.4 Å². The van der Waals surface area contributed by atoms with Crippen LogP contribution in [-0.2, 0) is 14.8 Å². The van der Waals surface area contributed by atoms with Crippen LogP contribution in [0, 0.1) is 0 Å². The maximum Gasteiger partial charge on any atom is 0.347 e. The van der Waals surface area contributed by atoms with Crippen molar-refractivity contribution in [1.29, 1.82) is 0 Å². The van der Waals surface area contributed by atoms with Gasteiger partial charge in [-0.1, -0.05) is 60.7 Å². The summed E-state index contributed by atoms with van der Waals surface area (Å²) in [5.74, 6) is -1.28. The second kappa shape index (κ2) is 9.36. The minimum Gasteiger partial charge on any atom is -0.496 e. The number of allylic oxidation sites excluding steroid dienone is 1. The molecule has 0 saturated heterocycles. The molecular weight excluding hydrogens is 454 g/mol. The van der Waals surface area contributed by atoms with Crippen LogP contribution in [0.5, 0.6) is 5.75 Å². The molecule has 3 aromatic carbocycles. The van der Waals surface area contributed by atoms with Crippen LogP contribution < -0.4 is 4.74 Å². The number of Topliss-reactive ketones (excluding diaryl/α,β-unsaturated/α-hetero) is 1. The highest BCUT2D eigenvalue weighted by atomic mass is 32.2. The van der Waals surface area contributed by atoms with Crippen LogP contribution in [0.3, 0.4) is 0 Å². The van der Waals surface area contributed by atoms with Crippen LogP contribution in [0.2, 0.25) is 0 Å². The third-order valence-corrected chi connectivity index (χ3v) is 7.06. The molecule has 1 aliphatic rings. The molecule has 34 heavy (non-hydrogen) atoms. The van der Waals surface area contributed by atoms with Crippen LogP contribution in [0.4, 0.5) is 0 Å². The smallest absolute Gasteiger partial charge is 0.347 e. The lowest BCUT2D eigenvalue weighted by Crippen LogP contribution is -2.38. The molecule has 0 unspecified atom stereocenters. The molecule has 0 amide bonds. The maximum absolute atomic E-state index is 13.6. The summed E-state index contributed by atoms with van der Waals surface area (Å²) in [6, 6.07) is 20.7. The Hall–Kier alpha value is -4.17. The Morgan fingerprint density at radius 2 is 1.59 bits per heavy atom. The van der Waals surface area contributed by atoms with Gasteiger partial charge in [0.15, 0.2) is 5.76 Å². The number of esters is 1. The summed E-state index contributed by atoms with van der Waals surface area (Å²) in [5.41, 5.74) is 0.218. The molecule has 0 aromatic heterocycles. The lowest BCUT2D eigenvalue weighted by atomic mass is 10.0. The van der Waals surface area contributed by atoms with Crippen molar-refractivity contribution in [3.05, 3.63) is 114 Å². The molecule has 3 aromatic rings. The average Bonchev–Trinajstić information content (AvgIpc) is 2.87. The molecule has 172 valence electrons. The topological polar surface area (TPSA) is 90.0 Å². The number of sulfonamides is 1. The molecule has 0 bridgehead atoms. The Balaban J connectivity index is 1.97. The summed E-state index contributed by atoms with van der Waals surface area (Å²) < 4.78 is 38.9. The van der Waals surface area contributed by atoms with Crippen molar-refractivity contribution in [1.82, 2.24) is 4.31 Å². The van der Waals surface area contributed by atoms with Crippen LogP contribution >= 0.6 is 0 Å². The van der Waals surface area contributed by atoms with E-state index < -0.39 is 21.8 Å². The maximum atomic E-state index is 13.6. The van der Waals surface area contributed by atoms with E-state index in [0.717, 1.165) is 4.31 Å². The van der Waals surface area contributed by atoms with E-state index in [4.69, 9.17) is 9.47 Å². The van der Waals surface area contributed by atoms with E-state index in [9.17, 15) is 18.0 Å². The number of rotatable bonds is 7. The van der Waals surface area contributed by atoms with Gasteiger partial charge in [0.2, 0.25) is 5.78 Å². The predicted molar refractivity (Wildman–Crippen MR) is 127 cm³/mol. The number of hydrogen-bond donors (Lipinski definition) is 0. The summed E-state index contributed by atoms with van der Waals surface area (Å²) in [4.78, 5) is 26.7. The zero-order chi connectivity index (χ0) is 24.3. The first kappa shape index (κ1) is 23.0. The van der Waals surface area contributed by atoms with Crippen molar-refractivity contribution in [2.24, 2.45) is 0 Å². The van der Waals surface area contributed by atoms with Crippen molar-refractivity contribution in [3.63, 3.8) is 0 Å². The summed E-state index contributed by atoms with van der Waals surface area (Å²) in [7, 11) is -2.71. The van der Waals surface area contributed by atoms with Gasteiger partial charge < -0.3 is 9.47 Å². The Morgan fingerprint density at radius 3 is 2.29 bits per heavy atom. The highest BCUT2D eigenvalue weighted by Crippen LogP contribution is 2.39. The first-order chi connectivity index (χ1) is 16.4. The van der Waals surface area contributed by atoms with Gasteiger partial charge in [0, 0.05) is 11.1 Å². The number of carbonyl (C=O) groups is 2. The SMILES string of the molecule is C=CCN1C(C(=O)c2ccccc2)=C(OC(=O)c2ccccc2OC)c2ccccc2S1(=O)=O. The van der Waals surface area contributed by atoms with Crippen LogP contribution in [0.25, 0.3) is 5.76 Å². The van der Waals surface area contributed by atoms with Crippen molar-refractivity contribution in [2.45, 2.75) is 4.90 Å². The lowest BCUT2D eigenvalue weighted by molar-refractivity contribution is 0.0682. The van der Waals surface area contributed by atoms with E-state index in [1.54, 1.807) is 60.7 Å². The van der Waals surface area contributed by atoms with E-state index >= 15 is 0 Å². The van der Waals surface area contributed by atoms with Crippen molar-refractivity contribution < 1.29 is 27.5 Å². The number of nitrogens with zero attached hydrogens (tertiary/aromatic N) is 1. The van der Waals surface area contributed by atoms with Crippen LogP contribution in [0.1, 0.15) is 26.3 Å². The standard InChI is InChI=1S/C26H21NO6S/c1-3-17-27-23(24(28)18-11-5-4-6-12-18)25(20-14-8-10-16-22(20)34(27,30)31)33-26(29)19-13-7-9-15-21(19)32-2/h3-16H,1,17H2,2H3. The van der Waals surface area contributed by atoms with Crippen molar-refractivity contribution >= 4 is 27.5 Å². The predicted octanol–water partition coefficient (Wildman–Crippen LogP) is 4.29. The van der Waals surface area contributed by atoms with Gasteiger partial charge in [0.1, 0.15) is 17.0 Å². The van der Waals surface area contributed by atoms with Gasteiger partial charge in [-0.15, -0.1) is 6.58 Å². The fourth-order valence-electron chi connectivity index (χ4n) is 3.67. The molecule has 0 N–H and O–H groups in total. The van der Waals surface area contributed by atoms with E-state index in [-0.39, 0.29) is 45.3 Å². The molecule has 0 fully saturated rings. The quantitative estimate of drug-likeness (QED) is 0.288. The summed E-state index contributed by atoms with van der Waals surface area (Å²) in [5, 5.41) is 0. The fraction of sp³-hybridized carbons (Fsp3) is 0.0769. The third kappa shape index (κ3) is 3.99. The lowest BCUT2D eigenvalue weighted by Gasteiger charge is -2.32. The number of ketones is 1. The molecule has 1 aliphatic heterocycles. The van der Waals surface area contributed by atoms with Crippen LogP contribution in [0.15, 0.2) is 102 Å². The number of benzene rings is 3. The molecule has 0 saturated carbocycles. The average molecular weight is 476 g/mol. The molecule has 4 rings (SSSR count). The fourth-order valence-corrected chi connectivity index (χ4v) is 5.31. The highest BCUT2D eigenvalue weighted by molar-refractivity contribution is 7.89. The Morgan fingerprint density at radius 1 is 0.941 bits per heavy atom. The minimum atomic E-state index is -4.13. The number of fused-ring (bicyclic) bond motifs is 1. The Kier molecular flexibility index (Phi) is 6.34. The summed E-state index contributed by atoms with van der Waals surface area (Å²) >= 11 is 0. The Bertz CT molecular complexity index is 1410. The molecular formula is C26H21NO6S. The molecule has 0 spiro atoms. The Labute approximate surface area is 197 Å². The van der Waals surface area contributed by atoms with Gasteiger partial charge in [-0.05, 0) is 24.3 Å². The normalized spacial score (nSPS) is 14.2. The first-order valence-corrected chi connectivity index (χ1v) is 11.8. The molecule has 8 heteroatoms. The highest BCUT2D eigenvalue weighted by Gasteiger charge is 2.41. The minimum absolute atomic E-state index is 0.0794. The number of hydrogen-bond acceptors (Lipinski definition) is 6. The second-order valence-corrected chi connectivity index (χ2v) is 9.11. The van der Waals surface area contributed by atoms with Gasteiger partial charge in [-0.25, -0.2) is 13.2 Å². The number of carbonyl (C=O) groups excluding carboxylic acids is 2. The zero-order valence-corrected chi connectivity index (χ0v) is 19.1. The largest absolute Gasteiger partial charge is 0.496 e. The van der Waals surface area contributed by atoms with Gasteiger partial charge >= 0.3 is 5.97 Å². The number of para-hydroxylation sites is 1. The van der Waals surface area contributed by atoms with E-state index in [2.05, 4.69) is 6.58 Å². The van der Waals surface area contributed by atoms with Gasteiger partial charge in [0.25, 0.3) is 10.0 Å². The number of ether oxygens (including phenoxy) is 2. The van der Waals surface area contributed by atoms with Gasteiger partial charge in [0.05, 0.1) is 18.6 Å². The molecule has 7 nitrogen and oxygen atoms in total. The van der Waals surface area contributed by atoms with Crippen molar-refractivity contribution in [3.8, 4) is 5.75 Å². The molecule has 0 aliphatic carbocycles. The summed E-state index contributed by atoms with van der Waals surface area (Å²) in [6.45, 7) is 3.44. The zero-order valence-electron chi connectivity index (χ0n) is 18.3. The molecule has 0 atom stereocenters.